The summed E-state index contributed by atoms with van der Waals surface area (Å²) in [6.07, 6.45) is 6.06. The third kappa shape index (κ3) is 5.34. The molecular weight excluding hydrogens is 402 g/mol. The normalized spacial score (nSPS) is 21.9. The molecule has 7 heteroatoms. The Kier molecular flexibility index (Phi) is 7.77. The van der Waals surface area contributed by atoms with Crippen LogP contribution in [0.5, 0.6) is 0 Å². The Labute approximate surface area is 185 Å². The zero-order valence-electron chi connectivity index (χ0n) is 18.0. The van der Waals surface area contributed by atoms with Gasteiger partial charge >= 0.3 is 0 Å². The van der Waals surface area contributed by atoms with Crippen molar-refractivity contribution in [2.75, 3.05) is 44.2 Å². The smallest absolute Gasteiger partial charge is 0.254 e. The molecule has 6 nitrogen and oxygen atoms in total. The average Bonchev–Trinajstić information content (AvgIpc) is 3.14. The number of anilines is 1. The van der Waals surface area contributed by atoms with E-state index in [0.717, 1.165) is 69.9 Å². The first kappa shape index (κ1) is 23.0. The Balaban J connectivity index is 0.00000256. The minimum atomic E-state index is -0.144. The van der Waals surface area contributed by atoms with E-state index in [4.69, 9.17) is 4.84 Å². The highest BCUT2D eigenvalue weighted by Gasteiger charge is 2.45. The van der Waals surface area contributed by atoms with E-state index in [1.165, 1.54) is 11.3 Å². The maximum absolute atomic E-state index is 12.4. The molecule has 1 saturated carbocycles. The van der Waals surface area contributed by atoms with E-state index >= 15 is 0 Å². The predicted octanol–water partition coefficient (Wildman–Crippen LogP) is 3.57. The van der Waals surface area contributed by atoms with E-state index < -0.39 is 0 Å². The van der Waals surface area contributed by atoms with Crippen LogP contribution >= 0.6 is 12.4 Å². The number of hydrogen-bond acceptors (Lipinski definition) is 5. The number of nitrogens with zero attached hydrogens (tertiary/aromatic N) is 3. The lowest BCUT2D eigenvalue weighted by atomic mass is 9.77. The molecule has 1 aliphatic carbocycles. The lowest BCUT2D eigenvalue weighted by Gasteiger charge is -2.37. The Morgan fingerprint density at radius 2 is 1.67 bits per heavy atom. The molecule has 30 heavy (non-hydrogen) atoms. The molecule has 2 aliphatic heterocycles. The summed E-state index contributed by atoms with van der Waals surface area (Å²) in [5, 5.41) is 1.05. The molecule has 0 bridgehead atoms. The Hall–Kier alpha value is -1.63. The summed E-state index contributed by atoms with van der Waals surface area (Å²) in [7, 11) is 0. The zero-order valence-corrected chi connectivity index (χ0v) is 18.8. The first-order valence-corrected chi connectivity index (χ1v) is 11.1. The second kappa shape index (κ2) is 10.1. The molecule has 166 valence electrons. The van der Waals surface area contributed by atoms with Gasteiger partial charge in [0.1, 0.15) is 0 Å². The molecule has 0 radical (unpaired) electrons. The van der Waals surface area contributed by atoms with Gasteiger partial charge in [-0.2, -0.15) is 5.06 Å². The summed E-state index contributed by atoms with van der Waals surface area (Å²) >= 11 is 0. The number of imide groups is 1. The largest absolute Gasteiger partial charge is 0.369 e. The van der Waals surface area contributed by atoms with Gasteiger partial charge in [0.05, 0.1) is 6.61 Å². The average molecular weight is 436 g/mol. The SMILES string of the molecule is Cc1cccc(N2CCN(CCCON3C(=O)CC4(CCCC4)CC3=O)CC2)c1.Cl. The second-order valence-corrected chi connectivity index (χ2v) is 9.00. The van der Waals surface area contributed by atoms with Crippen LogP contribution in [0.15, 0.2) is 24.3 Å². The quantitative estimate of drug-likeness (QED) is 0.505. The van der Waals surface area contributed by atoms with Crippen LogP contribution in [0.25, 0.3) is 0 Å². The Morgan fingerprint density at radius 1 is 1.00 bits per heavy atom. The van der Waals surface area contributed by atoms with Crippen molar-refractivity contribution in [3.63, 3.8) is 0 Å². The summed E-state index contributed by atoms with van der Waals surface area (Å²) in [6, 6.07) is 8.67. The molecule has 0 unspecified atom stereocenters. The minimum absolute atomic E-state index is 0. The van der Waals surface area contributed by atoms with Gasteiger partial charge in [-0.15, -0.1) is 12.4 Å². The van der Waals surface area contributed by atoms with Crippen LogP contribution < -0.4 is 4.90 Å². The number of aryl methyl sites for hydroxylation is 1. The van der Waals surface area contributed by atoms with E-state index in [0.29, 0.717) is 19.4 Å². The standard InChI is InChI=1S/C23H33N3O3.ClH/c1-19-6-4-7-20(16-19)25-13-11-24(12-14-25)10-5-15-29-26-21(27)17-23(18-22(26)28)8-2-3-9-23;/h4,6-7,16H,2-3,5,8-15,17-18H2,1H3;1H. The first-order chi connectivity index (χ1) is 14.0. The monoisotopic (exact) mass is 435 g/mol. The number of rotatable bonds is 6. The van der Waals surface area contributed by atoms with Crippen LogP contribution in [0.2, 0.25) is 0 Å². The van der Waals surface area contributed by atoms with E-state index in [1.807, 2.05) is 0 Å². The number of carbonyl (C=O) groups excluding carboxylic acids is 2. The van der Waals surface area contributed by atoms with Crippen LogP contribution in [0.1, 0.15) is 50.5 Å². The summed E-state index contributed by atoms with van der Waals surface area (Å²) in [5.74, 6) is -0.287. The van der Waals surface area contributed by atoms with Crippen molar-refractivity contribution in [2.24, 2.45) is 5.41 Å². The van der Waals surface area contributed by atoms with E-state index in [-0.39, 0.29) is 29.6 Å². The highest BCUT2D eigenvalue weighted by atomic mass is 35.5. The Morgan fingerprint density at radius 3 is 2.30 bits per heavy atom. The van der Waals surface area contributed by atoms with E-state index in [9.17, 15) is 9.59 Å². The van der Waals surface area contributed by atoms with Crippen LogP contribution in [0.4, 0.5) is 5.69 Å². The lowest BCUT2D eigenvalue weighted by Crippen LogP contribution is -2.48. The van der Waals surface area contributed by atoms with Crippen molar-refractivity contribution in [1.82, 2.24) is 9.96 Å². The number of carbonyl (C=O) groups is 2. The van der Waals surface area contributed by atoms with Crippen LogP contribution in [0, 0.1) is 12.3 Å². The molecule has 2 amide bonds. The number of amides is 2. The minimum Gasteiger partial charge on any atom is -0.369 e. The summed E-state index contributed by atoms with van der Waals surface area (Å²) in [6.45, 7) is 7.58. The van der Waals surface area contributed by atoms with Crippen LogP contribution in [-0.4, -0.2) is 61.1 Å². The van der Waals surface area contributed by atoms with Crippen LogP contribution in [0.3, 0.4) is 0 Å². The molecule has 1 spiro atoms. The molecule has 4 rings (SSSR count). The van der Waals surface area contributed by atoms with Gasteiger partial charge in [0.15, 0.2) is 0 Å². The van der Waals surface area contributed by atoms with Crippen molar-refractivity contribution in [3.8, 4) is 0 Å². The molecule has 0 aromatic heterocycles. The van der Waals surface area contributed by atoms with Crippen molar-refractivity contribution < 1.29 is 14.4 Å². The highest BCUT2D eigenvalue weighted by Crippen LogP contribution is 2.46. The number of piperidine rings is 1. The first-order valence-electron chi connectivity index (χ1n) is 11.1. The molecule has 2 saturated heterocycles. The number of benzene rings is 1. The van der Waals surface area contributed by atoms with E-state index in [2.05, 4.69) is 41.0 Å². The molecular formula is C23H34ClN3O3. The lowest BCUT2D eigenvalue weighted by molar-refractivity contribution is -0.205. The topological polar surface area (TPSA) is 53.1 Å². The van der Waals surface area contributed by atoms with Gasteiger partial charge in [-0.1, -0.05) is 25.0 Å². The van der Waals surface area contributed by atoms with Gasteiger partial charge in [0, 0.05) is 51.3 Å². The van der Waals surface area contributed by atoms with Gasteiger partial charge in [0.2, 0.25) is 0 Å². The number of piperazine rings is 1. The number of halogens is 1. The van der Waals surface area contributed by atoms with Crippen molar-refractivity contribution in [1.29, 1.82) is 0 Å². The molecule has 2 heterocycles. The molecule has 3 aliphatic rings. The molecule has 0 N–H and O–H groups in total. The van der Waals surface area contributed by atoms with Gasteiger partial charge in [0.25, 0.3) is 11.8 Å². The fourth-order valence-corrected chi connectivity index (χ4v) is 5.11. The van der Waals surface area contributed by atoms with Gasteiger partial charge in [-0.25, -0.2) is 0 Å². The fourth-order valence-electron chi connectivity index (χ4n) is 5.11. The number of hydroxylamine groups is 2. The molecule has 1 aromatic carbocycles. The van der Waals surface area contributed by atoms with Gasteiger partial charge in [-0.3, -0.25) is 19.3 Å². The zero-order chi connectivity index (χ0) is 20.3. The molecule has 0 atom stereocenters. The number of hydrogen-bond donors (Lipinski definition) is 0. The highest BCUT2D eigenvalue weighted by molar-refractivity contribution is 5.97. The second-order valence-electron chi connectivity index (χ2n) is 9.00. The summed E-state index contributed by atoms with van der Waals surface area (Å²) in [4.78, 5) is 35.3. The Bertz CT molecular complexity index is 723. The summed E-state index contributed by atoms with van der Waals surface area (Å²) in [5.41, 5.74) is 2.53. The fraction of sp³-hybridized carbons (Fsp3) is 0.652. The van der Waals surface area contributed by atoms with E-state index in [1.54, 1.807) is 0 Å². The maximum atomic E-state index is 12.4. The van der Waals surface area contributed by atoms with Crippen LogP contribution in [-0.2, 0) is 14.4 Å². The van der Waals surface area contributed by atoms with Gasteiger partial charge in [-0.05, 0) is 49.3 Å². The third-order valence-electron chi connectivity index (χ3n) is 6.75. The van der Waals surface area contributed by atoms with Crippen molar-refractivity contribution >= 4 is 29.9 Å². The third-order valence-corrected chi connectivity index (χ3v) is 6.75. The molecule has 1 aromatic rings. The van der Waals surface area contributed by atoms with Crippen molar-refractivity contribution in [2.45, 2.75) is 51.9 Å². The predicted molar refractivity (Wildman–Crippen MR) is 120 cm³/mol. The van der Waals surface area contributed by atoms with Crippen molar-refractivity contribution in [3.05, 3.63) is 29.8 Å². The summed E-state index contributed by atoms with van der Waals surface area (Å²) < 4.78 is 0. The molecule has 3 fully saturated rings. The maximum Gasteiger partial charge on any atom is 0.254 e. The van der Waals surface area contributed by atoms with Gasteiger partial charge < -0.3 is 4.90 Å².